The Hall–Kier alpha value is 2.19. The Morgan fingerprint density at radius 1 is 1.00 bits per heavy atom. The van der Waals surface area contributed by atoms with Gasteiger partial charge in [-0.1, -0.05) is 0 Å². The van der Waals surface area contributed by atoms with E-state index in [1.165, 1.54) is 0 Å². The van der Waals surface area contributed by atoms with Crippen molar-refractivity contribution >= 4 is 35.7 Å². The van der Waals surface area contributed by atoms with Gasteiger partial charge in [0.05, 0.1) is 8.41 Å². The van der Waals surface area contributed by atoms with Gasteiger partial charge in [-0.05, 0) is 0 Å². The Bertz CT molecular complexity index is 8.00. The molecule has 0 spiro atoms. The van der Waals surface area contributed by atoms with E-state index in [1.54, 1.807) is 0 Å². The zero-order valence-electron chi connectivity index (χ0n) is 1.52. The summed E-state index contributed by atoms with van der Waals surface area (Å²) in [4.78, 5) is 0. The minimum atomic E-state index is 0. The van der Waals surface area contributed by atoms with Crippen LogP contribution in [0.2, 0.25) is 0 Å². The quantitative estimate of drug-likeness (QED) is 0.447. The molecular formula is H5BNiPbTi. The van der Waals surface area contributed by atoms with E-state index in [0.29, 0.717) is 0 Å². The van der Waals surface area contributed by atoms with Crippen molar-refractivity contribution in [1.82, 2.24) is 0 Å². The Labute approximate surface area is 73.0 Å². The smallest absolute Gasteiger partial charge is 0 e. The minimum Gasteiger partial charge on any atom is 0 e. The fraction of sp³-hybridized carbons (Fsp3) is 0. The van der Waals surface area contributed by atoms with E-state index in [-0.39, 0.29) is 73.9 Å². The largest absolute Gasteiger partial charge is 0 e. The molecule has 0 aromatic carbocycles. The van der Waals surface area contributed by atoms with Gasteiger partial charge >= 0.3 is 27.3 Å². The third-order valence-corrected chi connectivity index (χ3v) is 0. The van der Waals surface area contributed by atoms with Gasteiger partial charge in [-0.3, -0.25) is 0 Å². The van der Waals surface area contributed by atoms with E-state index in [4.69, 9.17) is 0 Å². The van der Waals surface area contributed by atoms with E-state index >= 15 is 0 Å². The monoisotopic (exact) mass is 330 g/mol. The van der Waals surface area contributed by atoms with Crippen molar-refractivity contribution in [2.45, 2.75) is 0 Å². The minimum absolute atomic E-state index is 0. The molecule has 0 N–H and O–H groups in total. The van der Waals surface area contributed by atoms with Crippen molar-refractivity contribution in [1.29, 1.82) is 0 Å². The maximum Gasteiger partial charge on any atom is 0 e. The summed E-state index contributed by atoms with van der Waals surface area (Å²) < 4.78 is 0. The first-order chi connectivity index (χ1) is 0. The first-order valence-corrected chi connectivity index (χ1v) is 0. The molecule has 0 heterocycles. The molecule has 4 heavy (non-hydrogen) atoms. The molecule has 0 rings (SSSR count). The van der Waals surface area contributed by atoms with Crippen LogP contribution in [0.1, 0.15) is 0 Å². The molecule has 0 bridgehead atoms. The molecule has 0 aliphatic rings. The maximum atomic E-state index is 0. The summed E-state index contributed by atoms with van der Waals surface area (Å²) in [5.74, 6) is 0. The second kappa shape index (κ2) is 19.0. The average molecular weight is 330 g/mol. The van der Waals surface area contributed by atoms with Gasteiger partial charge in [-0.2, -0.15) is 0 Å². The molecule has 0 atom stereocenters. The van der Waals surface area contributed by atoms with Crippen molar-refractivity contribution in [3.05, 3.63) is 0 Å². The zero-order valence-corrected chi connectivity index (χ0v) is 9.57. The molecule has 0 amide bonds. The van der Waals surface area contributed by atoms with Gasteiger partial charge in [0.15, 0.2) is 0 Å². The third-order valence-electron chi connectivity index (χ3n) is 0. The second-order valence-electron chi connectivity index (χ2n) is 0. The summed E-state index contributed by atoms with van der Waals surface area (Å²) in [5.41, 5.74) is 0. The fourth-order valence-corrected chi connectivity index (χ4v) is 0. The average Bonchev–Trinajstić information content (AvgIpc) is 0. The van der Waals surface area contributed by atoms with Crippen molar-refractivity contribution in [2.75, 3.05) is 0 Å². The van der Waals surface area contributed by atoms with Gasteiger partial charge in [0.2, 0.25) is 0 Å². The molecule has 4 heteroatoms. The molecule has 0 aliphatic heterocycles. The normalized spacial score (nSPS) is 0. The molecule has 0 aromatic heterocycles. The molecule has 0 aliphatic carbocycles. The maximum absolute atomic E-state index is 0. The van der Waals surface area contributed by atoms with Crippen LogP contribution in [-0.2, 0) is 38.2 Å². The summed E-state index contributed by atoms with van der Waals surface area (Å²) in [7, 11) is 0. The molecule has 0 unspecified atom stereocenters. The Morgan fingerprint density at radius 2 is 1.00 bits per heavy atom. The van der Waals surface area contributed by atoms with Gasteiger partial charge in [0.25, 0.3) is 0 Å². The fourth-order valence-electron chi connectivity index (χ4n) is 0. The van der Waals surface area contributed by atoms with Crippen molar-refractivity contribution in [2.24, 2.45) is 0 Å². The molecule has 26 valence electrons. The molecule has 0 saturated heterocycles. The second-order valence-corrected chi connectivity index (χ2v) is 0. The predicted molar refractivity (Wildman–Crippen MR) is 18.5 cm³/mol. The summed E-state index contributed by atoms with van der Waals surface area (Å²) >= 11 is 0. The molecule has 0 saturated carbocycles. The molecule has 2 radical (unpaired) electrons. The molecule has 0 fully saturated rings. The van der Waals surface area contributed by atoms with Crippen LogP contribution in [0.25, 0.3) is 0 Å². The van der Waals surface area contributed by atoms with Crippen LogP contribution in [0.5, 0.6) is 0 Å². The van der Waals surface area contributed by atoms with Crippen LogP contribution < -0.4 is 0 Å². The van der Waals surface area contributed by atoms with Crippen molar-refractivity contribution in [3.63, 3.8) is 0 Å². The SMILES string of the molecule is B.[Ni].[PbH2].[Ti]. The van der Waals surface area contributed by atoms with Crippen LogP contribution in [0, 0.1) is 0 Å². The topological polar surface area (TPSA) is 0 Å². The van der Waals surface area contributed by atoms with Crippen LogP contribution >= 0.6 is 0 Å². The third kappa shape index (κ3) is 8.89. The van der Waals surface area contributed by atoms with E-state index in [2.05, 4.69) is 0 Å². The summed E-state index contributed by atoms with van der Waals surface area (Å²) in [5, 5.41) is 0. The van der Waals surface area contributed by atoms with Gasteiger partial charge in [0.1, 0.15) is 0 Å². The number of hydrogen-bond acceptors (Lipinski definition) is 0. The Balaban J connectivity index is 0. The van der Waals surface area contributed by atoms with Crippen LogP contribution in [0.4, 0.5) is 0 Å². The Kier molecular flexibility index (Phi) is 165. The zero-order chi connectivity index (χ0) is 0. The van der Waals surface area contributed by atoms with Crippen molar-refractivity contribution in [3.8, 4) is 0 Å². The Morgan fingerprint density at radius 3 is 1.00 bits per heavy atom. The summed E-state index contributed by atoms with van der Waals surface area (Å²) in [6.45, 7) is 0. The standard InChI is InChI=1S/BH3.Ni.Pb.Ti.2H/h1H3;;;;;. The van der Waals surface area contributed by atoms with Gasteiger partial charge in [0, 0.05) is 38.2 Å². The number of hydrogen-bond donors (Lipinski definition) is 0. The van der Waals surface area contributed by atoms with E-state index in [1.807, 2.05) is 0 Å². The van der Waals surface area contributed by atoms with E-state index in [0.717, 1.165) is 0 Å². The summed E-state index contributed by atoms with van der Waals surface area (Å²) in [6, 6.07) is 0. The molecule has 0 nitrogen and oxygen atoms in total. The van der Waals surface area contributed by atoms with Gasteiger partial charge < -0.3 is 0 Å². The number of rotatable bonds is 0. The van der Waals surface area contributed by atoms with E-state index in [9.17, 15) is 0 Å². The first-order valence-electron chi connectivity index (χ1n) is 0. The van der Waals surface area contributed by atoms with Crippen LogP contribution in [0.15, 0.2) is 0 Å². The van der Waals surface area contributed by atoms with Crippen LogP contribution in [0.3, 0.4) is 0 Å². The first kappa shape index (κ1) is 34.7. The predicted octanol–water partition coefficient (Wildman–Crippen LogP) is -2.11. The van der Waals surface area contributed by atoms with Gasteiger partial charge in [-0.25, -0.2) is 0 Å². The molecular weight excluding hydrogens is 325 g/mol. The molecule has 0 aromatic rings. The van der Waals surface area contributed by atoms with Gasteiger partial charge in [-0.15, -0.1) is 0 Å². The van der Waals surface area contributed by atoms with Crippen molar-refractivity contribution < 1.29 is 38.2 Å². The summed E-state index contributed by atoms with van der Waals surface area (Å²) in [6.07, 6.45) is 0. The van der Waals surface area contributed by atoms with Crippen LogP contribution in [-0.4, -0.2) is 35.7 Å². The van der Waals surface area contributed by atoms with E-state index < -0.39 is 0 Å².